The fourth-order valence-electron chi connectivity index (χ4n) is 2.04. The first kappa shape index (κ1) is 14.5. The Labute approximate surface area is 135 Å². The number of benzene rings is 1. The second kappa shape index (κ2) is 6.53. The van der Waals surface area contributed by atoms with E-state index >= 15 is 0 Å². The predicted molar refractivity (Wildman–Crippen MR) is 87.1 cm³/mol. The molecule has 1 amide bonds. The Morgan fingerprint density at radius 3 is 2.73 bits per heavy atom. The van der Waals surface area contributed by atoms with Crippen molar-refractivity contribution in [2.75, 3.05) is 0 Å². The van der Waals surface area contributed by atoms with Crippen LogP contribution in [0.25, 0.3) is 11.3 Å². The maximum Gasteiger partial charge on any atom is 0.270 e. The van der Waals surface area contributed by atoms with Gasteiger partial charge in [-0.15, -0.1) is 0 Å². The Morgan fingerprint density at radius 1 is 1.18 bits per heavy atom. The van der Waals surface area contributed by atoms with E-state index in [1.54, 1.807) is 12.4 Å². The van der Waals surface area contributed by atoms with Crippen molar-refractivity contribution in [2.24, 2.45) is 0 Å². The van der Waals surface area contributed by atoms with Gasteiger partial charge in [0.05, 0.1) is 4.47 Å². The normalized spacial score (nSPS) is 10.4. The lowest BCUT2D eigenvalue weighted by Crippen LogP contribution is -2.23. The molecule has 6 heteroatoms. The van der Waals surface area contributed by atoms with Crippen molar-refractivity contribution in [1.82, 2.24) is 20.5 Å². The number of carbonyl (C=O) groups excluding carboxylic acids is 1. The molecule has 1 aromatic carbocycles. The zero-order chi connectivity index (χ0) is 15.4. The van der Waals surface area contributed by atoms with E-state index in [4.69, 9.17) is 0 Å². The van der Waals surface area contributed by atoms with E-state index in [9.17, 15) is 4.79 Å². The van der Waals surface area contributed by atoms with Crippen molar-refractivity contribution in [3.63, 3.8) is 0 Å². The van der Waals surface area contributed by atoms with E-state index < -0.39 is 0 Å². The van der Waals surface area contributed by atoms with Crippen LogP contribution in [0.4, 0.5) is 0 Å². The SMILES string of the molecule is O=C(NCc1cccnc1)c1[nH]nc(-c2ccccc2)c1Br. The standard InChI is InChI=1S/C16H13BrN4O/c17-13-14(12-6-2-1-3-7-12)20-21-15(13)16(22)19-10-11-5-4-8-18-9-11/h1-9H,10H2,(H,19,22)(H,20,21). The first-order valence-corrected chi connectivity index (χ1v) is 7.51. The van der Waals surface area contributed by atoms with Crippen molar-refractivity contribution in [1.29, 1.82) is 0 Å². The summed E-state index contributed by atoms with van der Waals surface area (Å²) in [5, 5.41) is 9.84. The van der Waals surface area contributed by atoms with Crippen molar-refractivity contribution in [3.8, 4) is 11.3 Å². The molecule has 2 N–H and O–H groups in total. The number of pyridine rings is 1. The Bertz CT molecular complexity index is 771. The summed E-state index contributed by atoms with van der Waals surface area (Å²) in [4.78, 5) is 16.3. The molecule has 0 spiro atoms. The van der Waals surface area contributed by atoms with Crippen LogP contribution in [0.3, 0.4) is 0 Å². The molecule has 0 bridgehead atoms. The third kappa shape index (κ3) is 3.07. The van der Waals surface area contributed by atoms with Crippen LogP contribution in [0, 0.1) is 0 Å². The van der Waals surface area contributed by atoms with E-state index in [2.05, 4.69) is 36.4 Å². The molecule has 22 heavy (non-hydrogen) atoms. The molecule has 0 aliphatic carbocycles. The Morgan fingerprint density at radius 2 is 2.00 bits per heavy atom. The molecule has 0 unspecified atom stereocenters. The fraction of sp³-hybridized carbons (Fsp3) is 0.0625. The van der Waals surface area contributed by atoms with Crippen LogP contribution >= 0.6 is 15.9 Å². The van der Waals surface area contributed by atoms with E-state index in [1.165, 1.54) is 0 Å². The third-order valence-corrected chi connectivity index (χ3v) is 3.93. The summed E-state index contributed by atoms with van der Waals surface area (Å²) >= 11 is 3.45. The molecule has 0 aliphatic rings. The summed E-state index contributed by atoms with van der Waals surface area (Å²) in [5.41, 5.74) is 3.00. The van der Waals surface area contributed by atoms with Crippen LogP contribution in [0.2, 0.25) is 0 Å². The quantitative estimate of drug-likeness (QED) is 0.754. The van der Waals surface area contributed by atoms with Crippen LogP contribution in [-0.2, 0) is 6.54 Å². The smallest absolute Gasteiger partial charge is 0.270 e. The molecule has 0 aliphatic heterocycles. The summed E-state index contributed by atoms with van der Waals surface area (Å²) in [5.74, 6) is -0.217. The summed E-state index contributed by atoms with van der Waals surface area (Å²) in [6, 6.07) is 13.4. The van der Waals surface area contributed by atoms with Crippen LogP contribution in [-0.4, -0.2) is 21.1 Å². The maximum atomic E-state index is 12.3. The molecule has 2 aromatic heterocycles. The maximum absolute atomic E-state index is 12.3. The molecule has 3 aromatic rings. The van der Waals surface area contributed by atoms with Crippen molar-refractivity contribution >= 4 is 21.8 Å². The van der Waals surface area contributed by atoms with E-state index in [1.807, 2.05) is 42.5 Å². The summed E-state index contributed by atoms with van der Waals surface area (Å²) in [6.45, 7) is 0.415. The number of amides is 1. The highest BCUT2D eigenvalue weighted by Crippen LogP contribution is 2.28. The van der Waals surface area contributed by atoms with Gasteiger partial charge in [0.1, 0.15) is 11.4 Å². The minimum atomic E-state index is -0.217. The molecular formula is C16H13BrN4O. The summed E-state index contributed by atoms with van der Waals surface area (Å²) in [6.07, 6.45) is 3.42. The monoisotopic (exact) mass is 356 g/mol. The molecule has 2 heterocycles. The molecule has 0 saturated heterocycles. The first-order valence-electron chi connectivity index (χ1n) is 6.72. The minimum absolute atomic E-state index is 0.217. The number of aromatic amines is 1. The number of halogens is 1. The second-order valence-electron chi connectivity index (χ2n) is 4.67. The Kier molecular flexibility index (Phi) is 4.29. The van der Waals surface area contributed by atoms with Crippen molar-refractivity contribution < 1.29 is 4.79 Å². The lowest BCUT2D eigenvalue weighted by Gasteiger charge is -2.03. The topological polar surface area (TPSA) is 70.7 Å². The summed E-state index contributed by atoms with van der Waals surface area (Å²) < 4.78 is 0.655. The van der Waals surface area contributed by atoms with Gasteiger partial charge in [-0.05, 0) is 27.6 Å². The van der Waals surface area contributed by atoms with E-state index in [0.29, 0.717) is 22.4 Å². The molecule has 0 fully saturated rings. The summed E-state index contributed by atoms with van der Waals surface area (Å²) in [7, 11) is 0. The molecule has 0 atom stereocenters. The number of nitrogens with one attached hydrogen (secondary N) is 2. The Balaban J connectivity index is 1.75. The van der Waals surface area contributed by atoms with Gasteiger partial charge in [-0.25, -0.2) is 0 Å². The highest BCUT2D eigenvalue weighted by atomic mass is 79.9. The van der Waals surface area contributed by atoms with Gasteiger partial charge in [0.25, 0.3) is 5.91 Å². The lowest BCUT2D eigenvalue weighted by molar-refractivity contribution is 0.0945. The Hall–Kier alpha value is -2.47. The number of aromatic nitrogens is 3. The van der Waals surface area contributed by atoms with Crippen LogP contribution in [0.1, 0.15) is 16.1 Å². The number of nitrogens with zero attached hydrogens (tertiary/aromatic N) is 2. The van der Waals surface area contributed by atoms with Gasteiger partial charge >= 0.3 is 0 Å². The molecule has 0 radical (unpaired) electrons. The van der Waals surface area contributed by atoms with Crippen molar-refractivity contribution in [3.05, 3.63) is 70.6 Å². The van der Waals surface area contributed by atoms with Gasteiger partial charge < -0.3 is 5.32 Å². The van der Waals surface area contributed by atoms with E-state index in [-0.39, 0.29) is 5.91 Å². The molecular weight excluding hydrogens is 344 g/mol. The number of H-pyrrole nitrogens is 1. The van der Waals surface area contributed by atoms with Crippen LogP contribution < -0.4 is 5.32 Å². The van der Waals surface area contributed by atoms with Gasteiger partial charge in [0.15, 0.2) is 0 Å². The average molecular weight is 357 g/mol. The highest BCUT2D eigenvalue weighted by Gasteiger charge is 2.17. The van der Waals surface area contributed by atoms with Crippen LogP contribution in [0.5, 0.6) is 0 Å². The van der Waals surface area contributed by atoms with E-state index in [0.717, 1.165) is 11.1 Å². The van der Waals surface area contributed by atoms with Gasteiger partial charge in [-0.3, -0.25) is 14.9 Å². The largest absolute Gasteiger partial charge is 0.347 e. The van der Waals surface area contributed by atoms with Crippen LogP contribution in [0.15, 0.2) is 59.3 Å². The molecule has 3 rings (SSSR count). The predicted octanol–water partition coefficient (Wildman–Crippen LogP) is 3.16. The second-order valence-corrected chi connectivity index (χ2v) is 5.46. The minimum Gasteiger partial charge on any atom is -0.347 e. The number of rotatable bonds is 4. The van der Waals surface area contributed by atoms with Gasteiger partial charge in [-0.2, -0.15) is 5.10 Å². The van der Waals surface area contributed by atoms with Gasteiger partial charge in [-0.1, -0.05) is 36.4 Å². The zero-order valence-electron chi connectivity index (χ0n) is 11.6. The molecule has 5 nitrogen and oxygen atoms in total. The number of carbonyl (C=O) groups is 1. The average Bonchev–Trinajstić information content (AvgIpc) is 2.96. The first-order chi connectivity index (χ1) is 10.8. The van der Waals surface area contributed by atoms with Gasteiger partial charge in [0, 0.05) is 24.5 Å². The van der Waals surface area contributed by atoms with Crippen molar-refractivity contribution in [2.45, 2.75) is 6.54 Å². The zero-order valence-corrected chi connectivity index (χ0v) is 13.2. The number of hydrogen-bond acceptors (Lipinski definition) is 3. The lowest BCUT2D eigenvalue weighted by atomic mass is 10.1. The third-order valence-electron chi connectivity index (χ3n) is 3.16. The number of hydrogen-bond donors (Lipinski definition) is 2. The fourth-order valence-corrected chi connectivity index (χ4v) is 2.63. The molecule has 110 valence electrons. The highest BCUT2D eigenvalue weighted by molar-refractivity contribution is 9.10. The van der Waals surface area contributed by atoms with Gasteiger partial charge in [0.2, 0.25) is 0 Å². The molecule has 0 saturated carbocycles.